The third-order valence-electron chi connectivity index (χ3n) is 5.34. The number of carbonyl (C=O) groups is 2. The number of rotatable bonds is 9. The lowest BCUT2D eigenvalue weighted by Crippen LogP contribution is -2.18. The third kappa shape index (κ3) is 5.98. The normalized spacial score (nSPS) is 10.3. The predicted octanol–water partition coefficient (Wildman–Crippen LogP) is 5.18. The summed E-state index contributed by atoms with van der Waals surface area (Å²) in [7, 11) is 3.11. The van der Waals surface area contributed by atoms with E-state index in [1.165, 1.54) is 0 Å². The number of para-hydroxylation sites is 1. The van der Waals surface area contributed by atoms with Crippen LogP contribution in [0.25, 0.3) is 0 Å². The lowest BCUT2D eigenvalue weighted by molar-refractivity contribution is 0.102. The van der Waals surface area contributed by atoms with E-state index < -0.39 is 0 Å². The Morgan fingerprint density at radius 1 is 0.778 bits per heavy atom. The molecular formula is C28H25N3O5. The summed E-state index contributed by atoms with van der Waals surface area (Å²) in [4.78, 5) is 29.9. The molecular weight excluding hydrogens is 458 g/mol. The molecule has 2 N–H and O–H groups in total. The number of nitrogens with zero attached hydrogens (tertiary/aromatic N) is 1. The summed E-state index contributed by atoms with van der Waals surface area (Å²) in [5.41, 5.74) is 2.61. The van der Waals surface area contributed by atoms with Gasteiger partial charge in [0.1, 0.15) is 12.4 Å². The van der Waals surface area contributed by atoms with Gasteiger partial charge in [0.2, 0.25) is 0 Å². The number of pyridine rings is 1. The van der Waals surface area contributed by atoms with Crippen LogP contribution in [0.5, 0.6) is 17.2 Å². The van der Waals surface area contributed by atoms with Gasteiger partial charge in [-0.2, -0.15) is 0 Å². The molecule has 8 nitrogen and oxygen atoms in total. The molecule has 0 aliphatic heterocycles. The van der Waals surface area contributed by atoms with Gasteiger partial charge in [-0.1, -0.05) is 12.1 Å². The second-order valence-electron chi connectivity index (χ2n) is 7.69. The zero-order valence-electron chi connectivity index (χ0n) is 19.9. The molecule has 4 rings (SSSR count). The zero-order chi connectivity index (χ0) is 25.3. The minimum atomic E-state index is -0.383. The van der Waals surface area contributed by atoms with E-state index in [-0.39, 0.29) is 11.8 Å². The summed E-state index contributed by atoms with van der Waals surface area (Å²) in [6.45, 7) is 0.316. The van der Waals surface area contributed by atoms with Crippen molar-refractivity contribution >= 4 is 23.2 Å². The van der Waals surface area contributed by atoms with Crippen molar-refractivity contribution in [1.82, 2.24) is 4.98 Å². The number of aromatic nitrogens is 1. The number of methoxy groups -OCH3 is 2. The van der Waals surface area contributed by atoms with Crippen LogP contribution in [0, 0.1) is 0 Å². The first-order valence-corrected chi connectivity index (χ1v) is 11.1. The number of ether oxygens (including phenoxy) is 3. The third-order valence-corrected chi connectivity index (χ3v) is 5.34. The van der Waals surface area contributed by atoms with Crippen molar-refractivity contribution in [2.75, 3.05) is 24.9 Å². The van der Waals surface area contributed by atoms with Crippen LogP contribution in [0.4, 0.5) is 11.4 Å². The van der Waals surface area contributed by atoms with Gasteiger partial charge >= 0.3 is 0 Å². The summed E-state index contributed by atoms with van der Waals surface area (Å²) >= 11 is 0. The number of benzene rings is 3. The minimum absolute atomic E-state index is 0.314. The highest BCUT2D eigenvalue weighted by molar-refractivity contribution is 6.12. The Morgan fingerprint density at radius 3 is 2.25 bits per heavy atom. The van der Waals surface area contributed by atoms with Gasteiger partial charge in [-0.25, -0.2) is 0 Å². The van der Waals surface area contributed by atoms with Crippen LogP contribution in [0.15, 0.2) is 91.3 Å². The molecule has 0 aliphatic rings. The minimum Gasteiger partial charge on any atom is -0.497 e. The highest BCUT2D eigenvalue weighted by Gasteiger charge is 2.16. The first-order chi connectivity index (χ1) is 17.6. The maximum atomic E-state index is 13.1. The van der Waals surface area contributed by atoms with E-state index in [4.69, 9.17) is 14.2 Å². The SMILES string of the molecule is COc1ccc(C(=O)Nc2ccccc2C(=O)Nc2ccc(OC)c(OCc3ccncc3)c2)cc1. The van der Waals surface area contributed by atoms with E-state index in [0.29, 0.717) is 46.4 Å². The monoisotopic (exact) mass is 483 g/mol. The van der Waals surface area contributed by atoms with Crippen LogP contribution in [-0.4, -0.2) is 31.0 Å². The van der Waals surface area contributed by atoms with Gasteiger partial charge in [0.25, 0.3) is 11.8 Å². The molecule has 0 fully saturated rings. The van der Waals surface area contributed by atoms with E-state index >= 15 is 0 Å². The Hall–Kier alpha value is -4.85. The number of hydrogen-bond donors (Lipinski definition) is 2. The Morgan fingerprint density at radius 2 is 1.53 bits per heavy atom. The summed E-state index contributed by atoms with van der Waals surface area (Å²) in [5.74, 6) is 0.942. The van der Waals surface area contributed by atoms with Crippen molar-refractivity contribution in [1.29, 1.82) is 0 Å². The van der Waals surface area contributed by atoms with Gasteiger partial charge < -0.3 is 24.8 Å². The van der Waals surface area contributed by atoms with E-state index in [9.17, 15) is 9.59 Å². The molecule has 0 spiro atoms. The van der Waals surface area contributed by atoms with Gasteiger partial charge in [-0.3, -0.25) is 14.6 Å². The summed E-state index contributed by atoms with van der Waals surface area (Å²) < 4.78 is 16.4. The van der Waals surface area contributed by atoms with Crippen molar-refractivity contribution in [2.45, 2.75) is 6.61 Å². The molecule has 4 aromatic rings. The van der Waals surface area contributed by atoms with Crippen molar-refractivity contribution in [3.8, 4) is 17.2 Å². The maximum Gasteiger partial charge on any atom is 0.257 e. The van der Waals surface area contributed by atoms with Crippen LogP contribution < -0.4 is 24.8 Å². The molecule has 0 atom stereocenters. The Balaban J connectivity index is 1.48. The summed E-state index contributed by atoms with van der Waals surface area (Å²) in [6, 6.07) is 22.3. The highest BCUT2D eigenvalue weighted by atomic mass is 16.5. The van der Waals surface area contributed by atoms with Crippen LogP contribution >= 0.6 is 0 Å². The topological polar surface area (TPSA) is 98.8 Å². The molecule has 1 heterocycles. The average Bonchev–Trinajstić information content (AvgIpc) is 2.93. The molecule has 8 heteroatoms. The molecule has 0 bridgehead atoms. The first kappa shape index (κ1) is 24.3. The van der Waals surface area contributed by atoms with E-state index in [0.717, 1.165) is 5.56 Å². The van der Waals surface area contributed by atoms with E-state index in [1.54, 1.807) is 93.3 Å². The number of nitrogens with one attached hydrogen (secondary N) is 2. The summed E-state index contributed by atoms with van der Waals surface area (Å²) in [5, 5.41) is 5.67. The number of hydrogen-bond acceptors (Lipinski definition) is 6. The van der Waals surface area contributed by atoms with Gasteiger partial charge in [0.15, 0.2) is 11.5 Å². The molecule has 0 radical (unpaired) electrons. The fourth-order valence-electron chi connectivity index (χ4n) is 3.43. The standard InChI is InChI=1S/C28H25N3O5/c1-34-22-10-7-20(8-11-22)27(32)31-24-6-4-3-5-23(24)28(33)30-21-9-12-25(35-2)26(17-21)36-18-19-13-15-29-16-14-19/h3-17H,18H2,1-2H3,(H,30,33)(H,31,32). The van der Waals surface area contributed by atoms with Crippen LogP contribution in [-0.2, 0) is 6.61 Å². The van der Waals surface area contributed by atoms with E-state index in [2.05, 4.69) is 15.6 Å². The van der Waals surface area contributed by atoms with Crippen molar-refractivity contribution in [2.24, 2.45) is 0 Å². The Kier molecular flexibility index (Phi) is 7.77. The predicted molar refractivity (Wildman–Crippen MR) is 137 cm³/mol. The first-order valence-electron chi connectivity index (χ1n) is 11.1. The lowest BCUT2D eigenvalue weighted by Gasteiger charge is -2.14. The van der Waals surface area contributed by atoms with Crippen molar-refractivity contribution in [3.05, 3.63) is 108 Å². The van der Waals surface area contributed by atoms with Gasteiger partial charge in [-0.15, -0.1) is 0 Å². The smallest absolute Gasteiger partial charge is 0.257 e. The van der Waals surface area contributed by atoms with Crippen molar-refractivity contribution in [3.63, 3.8) is 0 Å². The highest BCUT2D eigenvalue weighted by Crippen LogP contribution is 2.31. The maximum absolute atomic E-state index is 13.1. The number of amides is 2. The molecule has 3 aromatic carbocycles. The van der Waals surface area contributed by atoms with Gasteiger partial charge in [-0.05, 0) is 66.2 Å². The molecule has 0 aliphatic carbocycles. The number of anilines is 2. The number of carbonyl (C=O) groups excluding carboxylic acids is 2. The fourth-order valence-corrected chi connectivity index (χ4v) is 3.43. The second kappa shape index (κ2) is 11.5. The van der Waals surface area contributed by atoms with E-state index in [1.807, 2.05) is 12.1 Å². The molecule has 0 saturated heterocycles. The quantitative estimate of drug-likeness (QED) is 0.340. The largest absolute Gasteiger partial charge is 0.497 e. The average molecular weight is 484 g/mol. The molecule has 1 aromatic heterocycles. The fraction of sp³-hybridized carbons (Fsp3) is 0.107. The van der Waals surface area contributed by atoms with Crippen LogP contribution in [0.3, 0.4) is 0 Å². The van der Waals surface area contributed by atoms with Gasteiger partial charge in [0, 0.05) is 29.7 Å². The molecule has 36 heavy (non-hydrogen) atoms. The zero-order valence-corrected chi connectivity index (χ0v) is 19.9. The lowest BCUT2D eigenvalue weighted by atomic mass is 10.1. The Labute approximate surface area is 208 Å². The second-order valence-corrected chi connectivity index (χ2v) is 7.69. The summed E-state index contributed by atoms with van der Waals surface area (Å²) in [6.07, 6.45) is 3.38. The molecule has 0 saturated carbocycles. The molecule has 182 valence electrons. The van der Waals surface area contributed by atoms with Gasteiger partial charge in [0.05, 0.1) is 25.5 Å². The molecule has 2 amide bonds. The van der Waals surface area contributed by atoms with Crippen LogP contribution in [0.1, 0.15) is 26.3 Å². The Bertz CT molecular complexity index is 1340. The van der Waals surface area contributed by atoms with Crippen LogP contribution in [0.2, 0.25) is 0 Å². The van der Waals surface area contributed by atoms with Crippen molar-refractivity contribution < 1.29 is 23.8 Å². The molecule has 0 unspecified atom stereocenters.